The zero-order valence-electron chi connectivity index (χ0n) is 12.6. The van der Waals surface area contributed by atoms with Crippen LogP contribution in [-0.2, 0) is 0 Å². The summed E-state index contributed by atoms with van der Waals surface area (Å²) in [6.07, 6.45) is 4.73. The summed E-state index contributed by atoms with van der Waals surface area (Å²) in [5, 5.41) is 17.2. The van der Waals surface area contributed by atoms with E-state index in [2.05, 4.69) is 27.8 Å². The van der Waals surface area contributed by atoms with Crippen LogP contribution in [0.15, 0.2) is 12.3 Å². The van der Waals surface area contributed by atoms with E-state index >= 15 is 0 Å². The van der Waals surface area contributed by atoms with Crippen molar-refractivity contribution in [2.75, 3.05) is 39.8 Å². The van der Waals surface area contributed by atoms with Crippen molar-refractivity contribution in [3.63, 3.8) is 0 Å². The minimum atomic E-state index is -0.189. The van der Waals surface area contributed by atoms with E-state index < -0.39 is 0 Å². The monoisotopic (exact) mass is 284 g/mol. The molecule has 0 aromatic heterocycles. The highest BCUT2D eigenvalue weighted by Gasteiger charge is 2.20. The molecule has 1 rings (SSSR count). The van der Waals surface area contributed by atoms with Gasteiger partial charge in [-0.05, 0) is 45.0 Å². The van der Waals surface area contributed by atoms with Crippen LogP contribution in [0.4, 0.5) is 4.79 Å². The van der Waals surface area contributed by atoms with Gasteiger partial charge in [0, 0.05) is 25.7 Å². The number of nitrogens with zero attached hydrogens (tertiary/aromatic N) is 1. The van der Waals surface area contributed by atoms with E-state index in [4.69, 9.17) is 5.11 Å². The van der Waals surface area contributed by atoms with Crippen molar-refractivity contribution in [2.24, 2.45) is 5.92 Å². The van der Waals surface area contributed by atoms with E-state index in [-0.39, 0.29) is 6.03 Å². The average Bonchev–Trinajstić information content (AvgIpc) is 2.91. The number of rotatable bonds is 8. The van der Waals surface area contributed by atoms with Crippen LogP contribution in [0.1, 0.15) is 19.8 Å². The number of nitrogens with one attached hydrogen (secondary N) is 3. The highest BCUT2D eigenvalue weighted by atomic mass is 16.2. The van der Waals surface area contributed by atoms with E-state index in [0.29, 0.717) is 25.0 Å². The third-order valence-corrected chi connectivity index (χ3v) is 3.72. The Kier molecular flexibility index (Phi) is 8.06. The molecule has 0 aromatic rings. The van der Waals surface area contributed by atoms with Gasteiger partial charge in [0.1, 0.15) is 0 Å². The Bertz CT molecular complexity index is 310. The molecule has 4 N–H and O–H groups in total. The SMILES string of the molecule is CNC1CCN(CCC(C)CNC(=O)NC/C=C/O)C1. The summed E-state index contributed by atoms with van der Waals surface area (Å²) in [7, 11) is 2.02. The Morgan fingerprint density at radius 1 is 1.50 bits per heavy atom. The van der Waals surface area contributed by atoms with Crippen molar-refractivity contribution < 1.29 is 9.90 Å². The van der Waals surface area contributed by atoms with Gasteiger partial charge in [0.15, 0.2) is 0 Å². The van der Waals surface area contributed by atoms with Gasteiger partial charge >= 0.3 is 6.03 Å². The molecule has 116 valence electrons. The second-order valence-corrected chi connectivity index (χ2v) is 5.44. The summed E-state index contributed by atoms with van der Waals surface area (Å²) in [6.45, 7) is 6.56. The van der Waals surface area contributed by atoms with Crippen LogP contribution in [0.25, 0.3) is 0 Å². The number of aliphatic hydroxyl groups excluding tert-OH is 1. The van der Waals surface area contributed by atoms with Crippen molar-refractivity contribution in [2.45, 2.75) is 25.8 Å². The predicted octanol–water partition coefficient (Wildman–Crippen LogP) is 0.677. The van der Waals surface area contributed by atoms with Crippen LogP contribution in [0.2, 0.25) is 0 Å². The van der Waals surface area contributed by atoms with Crippen molar-refractivity contribution in [3.05, 3.63) is 12.3 Å². The minimum absolute atomic E-state index is 0.189. The maximum atomic E-state index is 11.4. The second kappa shape index (κ2) is 9.61. The number of urea groups is 1. The standard InChI is InChI=1S/C14H28N4O2/c1-12(10-17-14(20)16-6-3-9-19)4-7-18-8-5-13(11-18)15-2/h3,9,12-13,15,19H,4-8,10-11H2,1-2H3,(H2,16,17,20)/b9-3+. The number of aliphatic hydroxyl groups is 1. The fraction of sp³-hybridized carbons (Fsp3) is 0.786. The van der Waals surface area contributed by atoms with E-state index in [1.54, 1.807) is 0 Å². The fourth-order valence-corrected chi connectivity index (χ4v) is 2.31. The first-order chi connectivity index (χ1) is 9.65. The molecule has 6 heteroatoms. The van der Waals surface area contributed by atoms with Crippen LogP contribution < -0.4 is 16.0 Å². The quantitative estimate of drug-likeness (QED) is 0.494. The van der Waals surface area contributed by atoms with E-state index in [0.717, 1.165) is 25.8 Å². The zero-order valence-corrected chi connectivity index (χ0v) is 12.6. The molecule has 2 unspecified atom stereocenters. The Morgan fingerprint density at radius 3 is 2.95 bits per heavy atom. The molecule has 2 atom stereocenters. The molecule has 0 aromatic carbocycles. The zero-order chi connectivity index (χ0) is 14.8. The molecule has 0 bridgehead atoms. The van der Waals surface area contributed by atoms with Crippen molar-refractivity contribution in [1.82, 2.24) is 20.9 Å². The lowest BCUT2D eigenvalue weighted by Gasteiger charge is -2.19. The molecule has 0 radical (unpaired) electrons. The fourth-order valence-electron chi connectivity index (χ4n) is 2.31. The van der Waals surface area contributed by atoms with E-state index in [1.165, 1.54) is 19.0 Å². The molecule has 1 fully saturated rings. The normalized spacial score (nSPS) is 21.2. The van der Waals surface area contributed by atoms with Gasteiger partial charge in [-0.3, -0.25) is 0 Å². The molecule has 6 nitrogen and oxygen atoms in total. The van der Waals surface area contributed by atoms with Gasteiger partial charge in [-0.25, -0.2) is 4.79 Å². The molecular formula is C14H28N4O2. The average molecular weight is 284 g/mol. The molecule has 20 heavy (non-hydrogen) atoms. The van der Waals surface area contributed by atoms with E-state index in [1.807, 2.05) is 7.05 Å². The lowest BCUT2D eigenvalue weighted by Crippen LogP contribution is -2.38. The van der Waals surface area contributed by atoms with Crippen LogP contribution in [-0.4, -0.2) is 61.9 Å². The molecule has 2 amide bonds. The first-order valence-corrected chi connectivity index (χ1v) is 7.36. The number of carbonyl (C=O) groups excluding carboxylic acids is 1. The van der Waals surface area contributed by atoms with Gasteiger partial charge in [0.25, 0.3) is 0 Å². The van der Waals surface area contributed by atoms with Crippen molar-refractivity contribution in [3.8, 4) is 0 Å². The first-order valence-electron chi connectivity index (χ1n) is 7.36. The van der Waals surface area contributed by atoms with E-state index in [9.17, 15) is 4.79 Å². The molecule has 0 saturated carbocycles. The van der Waals surface area contributed by atoms with Gasteiger partial charge in [-0.1, -0.05) is 6.92 Å². The number of likely N-dealkylation sites (tertiary alicyclic amines) is 1. The summed E-state index contributed by atoms with van der Waals surface area (Å²) in [5.41, 5.74) is 0. The van der Waals surface area contributed by atoms with Gasteiger partial charge in [-0.2, -0.15) is 0 Å². The third-order valence-electron chi connectivity index (χ3n) is 3.72. The van der Waals surface area contributed by atoms with Gasteiger partial charge in [0.2, 0.25) is 0 Å². The van der Waals surface area contributed by atoms with Crippen molar-refractivity contribution in [1.29, 1.82) is 0 Å². The minimum Gasteiger partial charge on any atom is -0.516 e. The number of hydrogen-bond acceptors (Lipinski definition) is 4. The lowest BCUT2D eigenvalue weighted by atomic mass is 10.1. The van der Waals surface area contributed by atoms with Crippen LogP contribution in [0, 0.1) is 5.92 Å². The Labute approximate surface area is 121 Å². The van der Waals surface area contributed by atoms with Gasteiger partial charge in [-0.15, -0.1) is 0 Å². The molecule has 0 spiro atoms. The number of carbonyl (C=O) groups is 1. The number of hydrogen-bond donors (Lipinski definition) is 4. The van der Waals surface area contributed by atoms with Crippen LogP contribution >= 0.6 is 0 Å². The molecule has 1 aliphatic rings. The summed E-state index contributed by atoms with van der Waals surface area (Å²) in [6, 6.07) is 0.445. The smallest absolute Gasteiger partial charge is 0.315 e. The highest BCUT2D eigenvalue weighted by Crippen LogP contribution is 2.11. The highest BCUT2D eigenvalue weighted by molar-refractivity contribution is 5.73. The van der Waals surface area contributed by atoms with Crippen LogP contribution in [0.5, 0.6) is 0 Å². The Balaban J connectivity index is 2.05. The maximum Gasteiger partial charge on any atom is 0.315 e. The molecular weight excluding hydrogens is 256 g/mol. The van der Waals surface area contributed by atoms with Crippen molar-refractivity contribution >= 4 is 6.03 Å². The maximum absolute atomic E-state index is 11.4. The third kappa shape index (κ3) is 6.77. The number of likely N-dealkylation sites (N-methyl/N-ethyl adjacent to an activating group) is 1. The second-order valence-electron chi connectivity index (χ2n) is 5.44. The largest absolute Gasteiger partial charge is 0.516 e. The topological polar surface area (TPSA) is 76.6 Å². The summed E-state index contributed by atoms with van der Waals surface area (Å²) >= 11 is 0. The van der Waals surface area contributed by atoms with Gasteiger partial charge < -0.3 is 26.0 Å². The summed E-state index contributed by atoms with van der Waals surface area (Å²) in [4.78, 5) is 13.9. The predicted molar refractivity (Wildman–Crippen MR) is 80.9 cm³/mol. The Hall–Kier alpha value is -1.27. The van der Waals surface area contributed by atoms with Gasteiger partial charge in [0.05, 0.1) is 6.26 Å². The number of amides is 2. The molecule has 0 aliphatic carbocycles. The molecule has 1 saturated heterocycles. The Morgan fingerprint density at radius 2 is 2.30 bits per heavy atom. The van der Waals surface area contributed by atoms with Crippen LogP contribution in [0.3, 0.4) is 0 Å². The molecule has 1 aliphatic heterocycles. The summed E-state index contributed by atoms with van der Waals surface area (Å²) < 4.78 is 0. The summed E-state index contributed by atoms with van der Waals surface area (Å²) in [5.74, 6) is 0.461. The lowest BCUT2D eigenvalue weighted by molar-refractivity contribution is 0.238. The first kappa shape index (κ1) is 16.8. The molecule has 1 heterocycles.